The molecule has 0 atom stereocenters. The molecule has 1 saturated heterocycles. The number of pyridine rings is 1. The number of rotatable bonds is 4. The van der Waals surface area contributed by atoms with Gasteiger partial charge in [-0.3, -0.25) is 10.1 Å². The van der Waals surface area contributed by atoms with Gasteiger partial charge in [-0.25, -0.2) is 9.78 Å². The molecule has 25 heavy (non-hydrogen) atoms. The summed E-state index contributed by atoms with van der Waals surface area (Å²) in [7, 11) is 1.32. The molecule has 2 heterocycles. The van der Waals surface area contributed by atoms with Crippen molar-refractivity contribution < 1.29 is 19.2 Å². The maximum atomic E-state index is 12.2. The smallest absolute Gasteiger partial charge is 0.341 e. The van der Waals surface area contributed by atoms with Crippen molar-refractivity contribution in [1.82, 2.24) is 4.98 Å². The molecule has 1 aliphatic rings. The number of morpholine rings is 1. The Labute approximate surface area is 144 Å². The molecule has 1 aromatic heterocycles. The van der Waals surface area contributed by atoms with Gasteiger partial charge in [0.25, 0.3) is 5.69 Å². The Balaban J connectivity index is 1.98. The monoisotopic (exact) mass is 343 g/mol. The van der Waals surface area contributed by atoms with Crippen molar-refractivity contribution >= 4 is 17.5 Å². The summed E-state index contributed by atoms with van der Waals surface area (Å²) in [5.41, 5.74) is 1.79. The molecule has 0 spiro atoms. The Morgan fingerprint density at radius 3 is 2.52 bits per heavy atom. The standard InChI is InChI=1S/C17H17N3O5/c1-24-17(21)15-10-13(12-2-4-14(5-3-12)20(22)23)11-18-16(15)19-6-8-25-9-7-19/h2-5,10-11H,6-9H2,1H3. The average Bonchev–Trinajstić information content (AvgIpc) is 2.67. The highest BCUT2D eigenvalue weighted by Gasteiger charge is 2.21. The van der Waals surface area contributed by atoms with Crippen molar-refractivity contribution in [2.45, 2.75) is 0 Å². The Bertz CT molecular complexity index is 785. The first-order chi connectivity index (χ1) is 12.1. The number of aromatic nitrogens is 1. The second-order valence-corrected chi connectivity index (χ2v) is 5.49. The Kier molecular flexibility index (Phi) is 4.90. The number of nitro benzene ring substituents is 1. The van der Waals surface area contributed by atoms with Gasteiger partial charge in [-0.2, -0.15) is 0 Å². The average molecular weight is 343 g/mol. The number of non-ortho nitro benzene ring substituents is 1. The van der Waals surface area contributed by atoms with E-state index in [1.165, 1.54) is 19.2 Å². The molecule has 1 fully saturated rings. The van der Waals surface area contributed by atoms with Gasteiger partial charge in [-0.05, 0) is 23.8 Å². The molecule has 0 unspecified atom stereocenters. The summed E-state index contributed by atoms with van der Waals surface area (Å²) in [5, 5.41) is 10.8. The second kappa shape index (κ2) is 7.27. The highest BCUT2D eigenvalue weighted by atomic mass is 16.6. The molecule has 1 aliphatic heterocycles. The summed E-state index contributed by atoms with van der Waals surface area (Å²) in [6.07, 6.45) is 1.65. The van der Waals surface area contributed by atoms with E-state index in [0.29, 0.717) is 43.2 Å². The van der Waals surface area contributed by atoms with E-state index in [1.54, 1.807) is 24.4 Å². The van der Waals surface area contributed by atoms with Crippen LogP contribution in [0.3, 0.4) is 0 Å². The normalized spacial score (nSPS) is 14.2. The molecular formula is C17H17N3O5. The number of esters is 1. The minimum atomic E-state index is -0.474. The Morgan fingerprint density at radius 1 is 1.24 bits per heavy atom. The fraction of sp³-hybridized carbons (Fsp3) is 0.294. The van der Waals surface area contributed by atoms with Crippen LogP contribution in [0.5, 0.6) is 0 Å². The number of methoxy groups -OCH3 is 1. The van der Waals surface area contributed by atoms with Gasteiger partial charge in [0, 0.05) is 37.0 Å². The Morgan fingerprint density at radius 2 is 1.92 bits per heavy atom. The van der Waals surface area contributed by atoms with Gasteiger partial charge in [0.2, 0.25) is 0 Å². The van der Waals surface area contributed by atoms with Crippen molar-refractivity contribution in [1.29, 1.82) is 0 Å². The van der Waals surface area contributed by atoms with Crippen LogP contribution in [0, 0.1) is 10.1 Å². The summed E-state index contributed by atoms with van der Waals surface area (Å²) in [5.74, 6) is 0.0820. The van der Waals surface area contributed by atoms with Gasteiger partial charge < -0.3 is 14.4 Å². The van der Waals surface area contributed by atoms with Crippen molar-refractivity contribution in [3.63, 3.8) is 0 Å². The minimum Gasteiger partial charge on any atom is -0.465 e. The van der Waals surface area contributed by atoms with E-state index in [2.05, 4.69) is 4.98 Å². The fourth-order valence-electron chi connectivity index (χ4n) is 2.68. The van der Waals surface area contributed by atoms with Crippen LogP contribution in [0.2, 0.25) is 0 Å². The summed E-state index contributed by atoms with van der Waals surface area (Å²) in [6, 6.07) is 7.80. The minimum absolute atomic E-state index is 0.00911. The lowest BCUT2D eigenvalue weighted by molar-refractivity contribution is -0.384. The topological polar surface area (TPSA) is 94.8 Å². The maximum Gasteiger partial charge on any atom is 0.341 e. The zero-order chi connectivity index (χ0) is 17.8. The number of carbonyl (C=O) groups is 1. The maximum absolute atomic E-state index is 12.2. The quantitative estimate of drug-likeness (QED) is 0.477. The van der Waals surface area contributed by atoms with E-state index in [0.717, 1.165) is 5.56 Å². The molecule has 130 valence electrons. The second-order valence-electron chi connectivity index (χ2n) is 5.49. The molecule has 0 aliphatic carbocycles. The van der Waals surface area contributed by atoms with Crippen LogP contribution >= 0.6 is 0 Å². The molecule has 0 bridgehead atoms. The molecule has 2 aromatic rings. The highest BCUT2D eigenvalue weighted by molar-refractivity contribution is 5.96. The number of nitro groups is 1. The number of ether oxygens (including phenoxy) is 2. The van der Waals surface area contributed by atoms with Gasteiger partial charge >= 0.3 is 5.97 Å². The first kappa shape index (κ1) is 16.8. The van der Waals surface area contributed by atoms with Crippen LogP contribution < -0.4 is 4.90 Å². The van der Waals surface area contributed by atoms with Gasteiger partial charge in [-0.15, -0.1) is 0 Å². The first-order valence-electron chi connectivity index (χ1n) is 7.76. The van der Waals surface area contributed by atoms with E-state index >= 15 is 0 Å². The number of hydrogen-bond donors (Lipinski definition) is 0. The molecule has 8 nitrogen and oxygen atoms in total. The molecule has 3 rings (SSSR count). The lowest BCUT2D eigenvalue weighted by Gasteiger charge is -2.29. The van der Waals surface area contributed by atoms with Gasteiger partial charge in [-0.1, -0.05) is 0 Å². The van der Waals surface area contributed by atoms with E-state index in [4.69, 9.17) is 9.47 Å². The van der Waals surface area contributed by atoms with Gasteiger partial charge in [0.15, 0.2) is 0 Å². The number of carbonyl (C=O) groups excluding carboxylic acids is 1. The lowest BCUT2D eigenvalue weighted by Crippen LogP contribution is -2.37. The highest BCUT2D eigenvalue weighted by Crippen LogP contribution is 2.27. The summed E-state index contributed by atoms with van der Waals surface area (Å²) < 4.78 is 10.2. The molecular weight excluding hydrogens is 326 g/mol. The molecule has 0 radical (unpaired) electrons. The predicted molar refractivity (Wildman–Crippen MR) is 90.7 cm³/mol. The van der Waals surface area contributed by atoms with Crippen molar-refractivity contribution in [3.05, 3.63) is 52.2 Å². The molecule has 1 aromatic carbocycles. The van der Waals surface area contributed by atoms with Crippen molar-refractivity contribution in [2.24, 2.45) is 0 Å². The summed E-state index contributed by atoms with van der Waals surface area (Å²) in [6.45, 7) is 2.44. The van der Waals surface area contributed by atoms with Crippen LogP contribution in [-0.4, -0.2) is 49.3 Å². The Hall–Kier alpha value is -3.00. The van der Waals surface area contributed by atoms with Crippen molar-refractivity contribution in [3.8, 4) is 11.1 Å². The van der Waals surface area contributed by atoms with Crippen molar-refractivity contribution in [2.75, 3.05) is 38.3 Å². The van der Waals surface area contributed by atoms with E-state index in [1.807, 2.05) is 4.90 Å². The zero-order valence-electron chi connectivity index (χ0n) is 13.7. The van der Waals surface area contributed by atoms with Crippen LogP contribution in [0.1, 0.15) is 10.4 Å². The third-order valence-electron chi connectivity index (χ3n) is 3.99. The lowest BCUT2D eigenvalue weighted by atomic mass is 10.0. The summed E-state index contributed by atoms with van der Waals surface area (Å²) >= 11 is 0. The van der Waals surface area contributed by atoms with Crippen LogP contribution in [0.15, 0.2) is 36.5 Å². The number of anilines is 1. The van der Waals surface area contributed by atoms with E-state index < -0.39 is 10.9 Å². The van der Waals surface area contributed by atoms with Gasteiger partial charge in [0.05, 0.1) is 25.2 Å². The van der Waals surface area contributed by atoms with Crippen LogP contribution in [0.25, 0.3) is 11.1 Å². The molecule has 8 heteroatoms. The SMILES string of the molecule is COC(=O)c1cc(-c2ccc([N+](=O)[O-])cc2)cnc1N1CCOCC1. The molecule has 0 saturated carbocycles. The third kappa shape index (κ3) is 3.58. The van der Waals surface area contributed by atoms with E-state index in [9.17, 15) is 14.9 Å². The number of benzene rings is 1. The molecule has 0 N–H and O–H groups in total. The van der Waals surface area contributed by atoms with Crippen LogP contribution in [-0.2, 0) is 9.47 Å². The largest absolute Gasteiger partial charge is 0.465 e. The molecule has 0 amide bonds. The number of hydrogen-bond acceptors (Lipinski definition) is 7. The fourth-order valence-corrected chi connectivity index (χ4v) is 2.68. The summed E-state index contributed by atoms with van der Waals surface area (Å²) in [4.78, 5) is 28.9. The zero-order valence-corrected chi connectivity index (χ0v) is 13.7. The van der Waals surface area contributed by atoms with E-state index in [-0.39, 0.29) is 5.69 Å². The van der Waals surface area contributed by atoms with Crippen LogP contribution in [0.4, 0.5) is 11.5 Å². The third-order valence-corrected chi connectivity index (χ3v) is 3.99. The first-order valence-corrected chi connectivity index (χ1v) is 7.76. The predicted octanol–water partition coefficient (Wildman–Crippen LogP) is 2.28. The number of nitrogens with zero attached hydrogens (tertiary/aromatic N) is 3. The van der Waals surface area contributed by atoms with Gasteiger partial charge in [0.1, 0.15) is 11.4 Å².